The second kappa shape index (κ2) is 9.84. The number of ether oxygens (including phenoxy) is 1. The van der Waals surface area contributed by atoms with E-state index in [-0.39, 0.29) is 24.1 Å². The first-order chi connectivity index (χ1) is 17.4. The summed E-state index contributed by atoms with van der Waals surface area (Å²) in [6.07, 6.45) is 1.51. The number of nitrogens with zero attached hydrogens (tertiary/aromatic N) is 4. The van der Waals surface area contributed by atoms with E-state index in [9.17, 15) is 14.4 Å². The third-order valence-corrected chi connectivity index (χ3v) is 8.07. The van der Waals surface area contributed by atoms with Gasteiger partial charge in [0.2, 0.25) is 11.8 Å². The number of amides is 3. The third kappa shape index (κ3) is 4.40. The summed E-state index contributed by atoms with van der Waals surface area (Å²) in [7, 11) is 1.67. The van der Waals surface area contributed by atoms with Crippen LogP contribution in [0.25, 0.3) is 0 Å². The van der Waals surface area contributed by atoms with Gasteiger partial charge < -0.3 is 24.3 Å². The highest BCUT2D eigenvalue weighted by atomic mass is 16.5. The number of hydrogen-bond acceptors (Lipinski definition) is 5. The van der Waals surface area contributed by atoms with Gasteiger partial charge in [0.1, 0.15) is 5.75 Å². The Balaban J connectivity index is 1.31. The lowest BCUT2D eigenvalue weighted by molar-refractivity contribution is -0.136. The topological polar surface area (TPSA) is 73.4 Å². The molecule has 3 aliphatic rings. The van der Waals surface area contributed by atoms with E-state index in [2.05, 4.69) is 4.90 Å². The van der Waals surface area contributed by atoms with Crippen LogP contribution in [-0.4, -0.2) is 84.3 Å². The van der Waals surface area contributed by atoms with Gasteiger partial charge in [-0.2, -0.15) is 0 Å². The largest absolute Gasteiger partial charge is 0.495 e. The van der Waals surface area contributed by atoms with Crippen LogP contribution >= 0.6 is 0 Å². The molecule has 190 valence electrons. The van der Waals surface area contributed by atoms with Crippen LogP contribution in [0.5, 0.6) is 5.75 Å². The fraction of sp³-hybridized carbons (Fsp3) is 0.464. The van der Waals surface area contributed by atoms with Gasteiger partial charge >= 0.3 is 0 Å². The van der Waals surface area contributed by atoms with Crippen LogP contribution in [0.15, 0.2) is 48.5 Å². The average molecular weight is 491 g/mol. The number of benzene rings is 2. The Bertz CT molecular complexity index is 1150. The highest BCUT2D eigenvalue weighted by Gasteiger charge is 2.47. The molecule has 0 atom stereocenters. The minimum Gasteiger partial charge on any atom is -0.495 e. The summed E-state index contributed by atoms with van der Waals surface area (Å²) in [5, 5.41) is 0. The van der Waals surface area contributed by atoms with Crippen LogP contribution in [0.2, 0.25) is 0 Å². The number of carbonyl (C=O) groups is 3. The van der Waals surface area contributed by atoms with Crippen LogP contribution in [0, 0.1) is 0 Å². The molecule has 2 aromatic rings. The van der Waals surface area contributed by atoms with Crippen molar-refractivity contribution >= 4 is 23.4 Å². The summed E-state index contributed by atoms with van der Waals surface area (Å²) in [5.41, 5.74) is 2.19. The van der Waals surface area contributed by atoms with Crippen molar-refractivity contribution in [2.45, 2.75) is 38.3 Å². The second-order valence-corrected chi connectivity index (χ2v) is 10.00. The first kappa shape index (κ1) is 24.2. The highest BCUT2D eigenvalue weighted by Crippen LogP contribution is 2.39. The van der Waals surface area contributed by atoms with E-state index in [4.69, 9.17) is 4.74 Å². The molecule has 0 unspecified atom stereocenters. The molecule has 0 saturated carbocycles. The molecule has 3 aliphatic heterocycles. The number of hydrogen-bond donors (Lipinski definition) is 0. The maximum atomic E-state index is 13.7. The Morgan fingerprint density at radius 2 is 1.56 bits per heavy atom. The smallest absolute Gasteiger partial charge is 0.254 e. The lowest BCUT2D eigenvalue weighted by atomic mass is 9.82. The molecule has 2 aromatic carbocycles. The molecule has 8 nitrogen and oxygen atoms in total. The second-order valence-electron chi connectivity index (χ2n) is 10.00. The number of fused-ring (bicyclic) bond motifs is 1. The zero-order valence-electron chi connectivity index (χ0n) is 21.1. The number of carbonyl (C=O) groups excluding carboxylic acids is 3. The molecule has 0 bridgehead atoms. The van der Waals surface area contributed by atoms with Gasteiger partial charge in [-0.15, -0.1) is 0 Å². The Labute approximate surface area is 212 Å². The van der Waals surface area contributed by atoms with Crippen molar-refractivity contribution in [3.63, 3.8) is 0 Å². The summed E-state index contributed by atoms with van der Waals surface area (Å²) in [4.78, 5) is 47.0. The molecule has 0 aromatic heterocycles. The predicted molar refractivity (Wildman–Crippen MR) is 137 cm³/mol. The Kier molecular flexibility index (Phi) is 6.60. The van der Waals surface area contributed by atoms with E-state index in [1.54, 1.807) is 14.0 Å². The highest BCUT2D eigenvalue weighted by molar-refractivity contribution is 5.99. The minimum atomic E-state index is -0.584. The molecule has 0 radical (unpaired) electrons. The lowest BCUT2D eigenvalue weighted by Crippen LogP contribution is -2.59. The fourth-order valence-corrected chi connectivity index (χ4v) is 5.90. The van der Waals surface area contributed by atoms with Crippen molar-refractivity contribution in [3.05, 3.63) is 59.7 Å². The van der Waals surface area contributed by atoms with Crippen molar-refractivity contribution in [2.24, 2.45) is 0 Å². The maximum Gasteiger partial charge on any atom is 0.254 e. The number of para-hydroxylation sites is 2. The lowest BCUT2D eigenvalue weighted by Gasteiger charge is -2.48. The normalized spacial score (nSPS) is 19.3. The van der Waals surface area contributed by atoms with Crippen LogP contribution in [-0.2, 0) is 16.1 Å². The van der Waals surface area contributed by atoms with Gasteiger partial charge in [0.05, 0.1) is 24.8 Å². The molecule has 5 rings (SSSR count). The fourth-order valence-electron chi connectivity index (χ4n) is 5.90. The quantitative estimate of drug-likeness (QED) is 0.645. The summed E-state index contributed by atoms with van der Waals surface area (Å²) >= 11 is 0. The summed E-state index contributed by atoms with van der Waals surface area (Å²) in [6.45, 7) is 5.92. The molecular formula is C28H34N4O4. The minimum absolute atomic E-state index is 0.00401. The van der Waals surface area contributed by atoms with Crippen LogP contribution in [0.4, 0.5) is 5.69 Å². The van der Waals surface area contributed by atoms with Gasteiger partial charge in [-0.3, -0.25) is 14.4 Å². The summed E-state index contributed by atoms with van der Waals surface area (Å²) in [5.74, 6) is 0.948. The summed E-state index contributed by atoms with van der Waals surface area (Å²) in [6, 6.07) is 15.7. The van der Waals surface area contributed by atoms with Crippen LogP contribution in [0.1, 0.15) is 42.1 Å². The number of piperazine rings is 1. The number of anilines is 1. The van der Waals surface area contributed by atoms with Crippen LogP contribution in [0.3, 0.4) is 0 Å². The van der Waals surface area contributed by atoms with E-state index >= 15 is 0 Å². The SMILES string of the molecule is COc1ccccc1N1CCN(C(=O)CC2(N3Cc4ccccc4C3=O)CCN(C(C)=O)CC2)CC1. The molecule has 0 spiro atoms. The molecule has 2 saturated heterocycles. The van der Waals surface area contributed by atoms with Gasteiger partial charge in [-0.25, -0.2) is 0 Å². The van der Waals surface area contributed by atoms with E-state index in [0.717, 1.165) is 35.7 Å². The van der Waals surface area contributed by atoms with Crippen molar-refractivity contribution in [3.8, 4) is 5.75 Å². The number of methoxy groups -OCH3 is 1. The van der Waals surface area contributed by atoms with Gasteiger partial charge in [0.25, 0.3) is 5.91 Å². The number of likely N-dealkylation sites (tertiary alicyclic amines) is 1. The van der Waals surface area contributed by atoms with E-state index in [1.807, 2.05) is 63.2 Å². The predicted octanol–water partition coefficient (Wildman–Crippen LogP) is 2.77. The van der Waals surface area contributed by atoms with Crippen molar-refractivity contribution in [1.82, 2.24) is 14.7 Å². The zero-order chi connectivity index (χ0) is 25.3. The van der Waals surface area contributed by atoms with Gasteiger partial charge in [-0.1, -0.05) is 30.3 Å². The molecule has 0 aliphatic carbocycles. The third-order valence-electron chi connectivity index (χ3n) is 8.07. The molecule has 3 amide bonds. The Hall–Kier alpha value is -3.55. The van der Waals surface area contributed by atoms with Gasteiger partial charge in [-0.05, 0) is 36.6 Å². The van der Waals surface area contributed by atoms with E-state index < -0.39 is 5.54 Å². The first-order valence-electron chi connectivity index (χ1n) is 12.7. The number of piperidine rings is 1. The molecule has 8 heteroatoms. The Morgan fingerprint density at radius 1 is 0.889 bits per heavy atom. The monoisotopic (exact) mass is 490 g/mol. The molecule has 3 heterocycles. The molecule has 36 heavy (non-hydrogen) atoms. The van der Waals surface area contributed by atoms with Crippen molar-refractivity contribution in [1.29, 1.82) is 0 Å². The average Bonchev–Trinajstić information content (AvgIpc) is 3.26. The van der Waals surface area contributed by atoms with Gasteiger partial charge in [0, 0.05) is 58.3 Å². The maximum absolute atomic E-state index is 13.7. The zero-order valence-corrected chi connectivity index (χ0v) is 21.1. The van der Waals surface area contributed by atoms with Crippen molar-refractivity contribution in [2.75, 3.05) is 51.3 Å². The van der Waals surface area contributed by atoms with E-state index in [0.29, 0.717) is 45.6 Å². The number of rotatable bonds is 5. The van der Waals surface area contributed by atoms with Crippen molar-refractivity contribution < 1.29 is 19.1 Å². The van der Waals surface area contributed by atoms with Crippen LogP contribution < -0.4 is 9.64 Å². The molecule has 0 N–H and O–H groups in total. The summed E-state index contributed by atoms with van der Waals surface area (Å²) < 4.78 is 5.52. The standard InChI is InChI=1S/C28H34N4O4/c1-21(33)29-13-11-28(12-14-29,32-20-22-7-3-4-8-23(22)27(32)35)19-26(34)31-17-15-30(16-18-31)24-9-5-6-10-25(24)36-2/h3-10H,11-20H2,1-2H3. The molecule has 2 fully saturated rings. The Morgan fingerprint density at radius 3 is 2.22 bits per heavy atom. The van der Waals surface area contributed by atoms with E-state index in [1.165, 1.54) is 0 Å². The first-order valence-corrected chi connectivity index (χ1v) is 12.7. The van der Waals surface area contributed by atoms with Gasteiger partial charge in [0.15, 0.2) is 0 Å². The molecular weight excluding hydrogens is 456 g/mol.